The van der Waals surface area contributed by atoms with Crippen molar-refractivity contribution < 1.29 is 0 Å². The van der Waals surface area contributed by atoms with Crippen molar-refractivity contribution in [3.05, 3.63) is 34.0 Å². The van der Waals surface area contributed by atoms with Crippen LogP contribution in [-0.4, -0.2) is 0 Å². The molecule has 1 rings (SSSR count). The van der Waals surface area contributed by atoms with E-state index in [1.54, 1.807) is 0 Å². The van der Waals surface area contributed by atoms with Crippen molar-refractivity contribution in [3.8, 4) is 0 Å². The molecule has 0 saturated carbocycles. The van der Waals surface area contributed by atoms with Gasteiger partial charge in [-0.25, -0.2) is 0 Å². The average Bonchev–Trinajstić information content (AvgIpc) is 2.31. The molecule has 1 heteroatoms. The molecule has 0 amide bonds. The average molecular weight is 180 g/mol. The van der Waals surface area contributed by atoms with Crippen molar-refractivity contribution in [1.29, 1.82) is 0 Å². The number of rotatable bonds is 4. The number of aryl methyl sites for hydroxylation is 3. The topological polar surface area (TPSA) is 0 Å². The highest BCUT2D eigenvalue weighted by atomic mass is 32.1. The summed E-state index contributed by atoms with van der Waals surface area (Å²) in [6.45, 7) is 8.11. The van der Waals surface area contributed by atoms with Gasteiger partial charge in [0.2, 0.25) is 0 Å². The van der Waals surface area contributed by atoms with Gasteiger partial charge in [-0.15, -0.1) is 17.9 Å². The molecule has 0 aliphatic rings. The largest absolute Gasteiger partial charge is 0.146 e. The lowest BCUT2D eigenvalue weighted by molar-refractivity contribution is 0.842. The minimum Gasteiger partial charge on any atom is -0.146 e. The molecule has 0 saturated heterocycles. The third-order valence-corrected chi connectivity index (χ3v) is 3.01. The summed E-state index contributed by atoms with van der Waals surface area (Å²) in [5.41, 5.74) is 1.53. The smallest absolute Gasteiger partial charge is 0.00490 e. The quantitative estimate of drug-likeness (QED) is 0.487. The summed E-state index contributed by atoms with van der Waals surface area (Å²) in [4.78, 5) is 2.91. The number of unbranched alkanes of at least 4 members (excludes halogenated alkanes) is 1. The van der Waals surface area contributed by atoms with E-state index in [1.165, 1.54) is 28.2 Å². The number of hydrogen-bond acceptors (Lipinski definition) is 1. The molecule has 0 aromatic carbocycles. The molecule has 66 valence electrons. The van der Waals surface area contributed by atoms with Gasteiger partial charge in [-0.2, -0.15) is 0 Å². The summed E-state index contributed by atoms with van der Waals surface area (Å²) >= 11 is 1.90. The first kappa shape index (κ1) is 9.53. The van der Waals surface area contributed by atoms with Crippen LogP contribution >= 0.6 is 11.3 Å². The molecule has 0 spiro atoms. The summed E-state index contributed by atoms with van der Waals surface area (Å²) in [7, 11) is 0. The SMILES string of the molecule is C=CCCCc1cc(C)sc1C. The van der Waals surface area contributed by atoms with E-state index in [4.69, 9.17) is 0 Å². The van der Waals surface area contributed by atoms with Gasteiger partial charge in [-0.3, -0.25) is 0 Å². The maximum atomic E-state index is 3.72. The zero-order valence-corrected chi connectivity index (χ0v) is 8.71. The molecular formula is C11H16S. The molecular weight excluding hydrogens is 164 g/mol. The first-order chi connectivity index (χ1) is 5.74. The van der Waals surface area contributed by atoms with Crippen LogP contribution in [0.3, 0.4) is 0 Å². The standard InChI is InChI=1S/C11H16S/c1-4-5-6-7-11-8-9(2)12-10(11)3/h4,8H,1,5-7H2,2-3H3. The fourth-order valence-electron chi connectivity index (χ4n) is 1.37. The molecule has 0 nitrogen and oxygen atoms in total. The van der Waals surface area contributed by atoms with Crippen molar-refractivity contribution in [3.63, 3.8) is 0 Å². The van der Waals surface area contributed by atoms with Gasteiger partial charge in [0.25, 0.3) is 0 Å². The van der Waals surface area contributed by atoms with Crippen LogP contribution in [0.25, 0.3) is 0 Å². The zero-order valence-electron chi connectivity index (χ0n) is 7.89. The van der Waals surface area contributed by atoms with Gasteiger partial charge in [0, 0.05) is 9.75 Å². The van der Waals surface area contributed by atoms with Crippen LogP contribution in [0.1, 0.15) is 28.2 Å². The van der Waals surface area contributed by atoms with E-state index < -0.39 is 0 Å². The molecule has 12 heavy (non-hydrogen) atoms. The third kappa shape index (κ3) is 2.49. The minimum atomic E-state index is 1.13. The van der Waals surface area contributed by atoms with E-state index in [2.05, 4.69) is 26.5 Å². The molecule has 1 aromatic rings. The van der Waals surface area contributed by atoms with E-state index in [0.29, 0.717) is 0 Å². The van der Waals surface area contributed by atoms with Crippen LogP contribution in [0.4, 0.5) is 0 Å². The lowest BCUT2D eigenvalue weighted by Gasteiger charge is -1.96. The predicted octanol–water partition coefficient (Wildman–Crippen LogP) is 3.87. The third-order valence-electron chi connectivity index (χ3n) is 2.00. The lowest BCUT2D eigenvalue weighted by atomic mass is 10.1. The summed E-state index contributed by atoms with van der Waals surface area (Å²) in [5, 5.41) is 0. The Morgan fingerprint density at radius 3 is 2.75 bits per heavy atom. The molecule has 0 bridgehead atoms. The van der Waals surface area contributed by atoms with Gasteiger partial charge in [-0.1, -0.05) is 6.08 Å². The van der Waals surface area contributed by atoms with E-state index in [9.17, 15) is 0 Å². The molecule has 1 heterocycles. The van der Waals surface area contributed by atoms with Crippen LogP contribution in [0.15, 0.2) is 18.7 Å². The molecule has 0 aliphatic carbocycles. The zero-order chi connectivity index (χ0) is 8.97. The molecule has 0 atom stereocenters. The lowest BCUT2D eigenvalue weighted by Crippen LogP contribution is -1.82. The van der Waals surface area contributed by atoms with E-state index >= 15 is 0 Å². The van der Waals surface area contributed by atoms with Crippen LogP contribution in [-0.2, 0) is 6.42 Å². The van der Waals surface area contributed by atoms with Crippen molar-refractivity contribution in [1.82, 2.24) is 0 Å². The van der Waals surface area contributed by atoms with E-state index in [1.807, 2.05) is 17.4 Å². The Kier molecular flexibility index (Phi) is 3.54. The summed E-state index contributed by atoms with van der Waals surface area (Å²) < 4.78 is 0. The second-order valence-corrected chi connectivity index (χ2v) is 4.58. The van der Waals surface area contributed by atoms with Gasteiger partial charge in [-0.05, 0) is 44.7 Å². The van der Waals surface area contributed by atoms with Crippen molar-refractivity contribution in [2.75, 3.05) is 0 Å². The fourth-order valence-corrected chi connectivity index (χ4v) is 2.34. The molecule has 0 unspecified atom stereocenters. The molecule has 1 aromatic heterocycles. The van der Waals surface area contributed by atoms with E-state index in [-0.39, 0.29) is 0 Å². The number of hydrogen-bond donors (Lipinski definition) is 0. The maximum Gasteiger partial charge on any atom is 0.00490 e. The van der Waals surface area contributed by atoms with Gasteiger partial charge >= 0.3 is 0 Å². The number of thiophene rings is 1. The molecule has 0 N–H and O–H groups in total. The van der Waals surface area contributed by atoms with Crippen molar-refractivity contribution >= 4 is 11.3 Å². The first-order valence-electron chi connectivity index (χ1n) is 4.41. The Labute approximate surface area is 78.9 Å². The summed E-state index contributed by atoms with van der Waals surface area (Å²) in [6, 6.07) is 2.31. The van der Waals surface area contributed by atoms with Gasteiger partial charge in [0.15, 0.2) is 0 Å². The highest BCUT2D eigenvalue weighted by molar-refractivity contribution is 7.12. The normalized spacial score (nSPS) is 10.2. The Balaban J connectivity index is 2.50. The molecule has 0 aliphatic heterocycles. The Bertz CT molecular complexity index is 258. The molecule has 0 radical (unpaired) electrons. The van der Waals surface area contributed by atoms with Crippen LogP contribution in [0.2, 0.25) is 0 Å². The predicted molar refractivity (Wildman–Crippen MR) is 56.9 cm³/mol. The van der Waals surface area contributed by atoms with Gasteiger partial charge in [0.05, 0.1) is 0 Å². The summed E-state index contributed by atoms with van der Waals surface area (Å²) in [6.07, 6.45) is 5.58. The second kappa shape index (κ2) is 4.46. The van der Waals surface area contributed by atoms with Crippen molar-refractivity contribution in [2.24, 2.45) is 0 Å². The summed E-state index contributed by atoms with van der Waals surface area (Å²) in [5.74, 6) is 0. The van der Waals surface area contributed by atoms with E-state index in [0.717, 1.165) is 6.42 Å². The first-order valence-corrected chi connectivity index (χ1v) is 5.22. The van der Waals surface area contributed by atoms with Crippen LogP contribution < -0.4 is 0 Å². The highest BCUT2D eigenvalue weighted by Gasteiger charge is 2.00. The van der Waals surface area contributed by atoms with Crippen molar-refractivity contribution in [2.45, 2.75) is 33.1 Å². The minimum absolute atomic E-state index is 1.13. The fraction of sp³-hybridized carbons (Fsp3) is 0.455. The van der Waals surface area contributed by atoms with Crippen LogP contribution in [0.5, 0.6) is 0 Å². The Morgan fingerprint density at radius 1 is 1.50 bits per heavy atom. The Hall–Kier alpha value is -0.560. The number of allylic oxidation sites excluding steroid dienone is 1. The Morgan fingerprint density at radius 2 is 2.25 bits per heavy atom. The second-order valence-electron chi connectivity index (χ2n) is 3.12. The maximum absolute atomic E-state index is 3.72. The molecule has 0 fully saturated rings. The van der Waals surface area contributed by atoms with Gasteiger partial charge in [0.1, 0.15) is 0 Å². The highest BCUT2D eigenvalue weighted by Crippen LogP contribution is 2.21. The van der Waals surface area contributed by atoms with Crippen LogP contribution in [0, 0.1) is 13.8 Å². The van der Waals surface area contributed by atoms with Gasteiger partial charge < -0.3 is 0 Å². The monoisotopic (exact) mass is 180 g/mol.